The van der Waals surface area contributed by atoms with E-state index in [4.69, 9.17) is 0 Å². The van der Waals surface area contributed by atoms with E-state index in [1.54, 1.807) is 18.2 Å². The van der Waals surface area contributed by atoms with Crippen molar-refractivity contribution < 1.29 is 19.8 Å². The Kier molecular flexibility index (Phi) is 5.68. The summed E-state index contributed by atoms with van der Waals surface area (Å²) in [4.78, 5) is 24.8. The number of hydrogen-bond donors (Lipinski definition) is 3. The standard InChI is InChI=1S/C18H20N2O4/c1-20(2)18(24)16(22)15(21)17(23)19-14-10-6-9-13(11-14)12-7-4-3-5-8-12/h3-11,15-16,21-22H,1-2H3,(H,19,23)/t15-,16-/m1/s1. The van der Waals surface area contributed by atoms with Gasteiger partial charge in [0.25, 0.3) is 11.8 Å². The number of benzene rings is 2. The fourth-order valence-corrected chi connectivity index (χ4v) is 2.17. The lowest BCUT2D eigenvalue weighted by molar-refractivity contribution is -0.149. The van der Waals surface area contributed by atoms with Crippen molar-refractivity contribution in [3.63, 3.8) is 0 Å². The minimum atomic E-state index is -1.85. The van der Waals surface area contributed by atoms with Gasteiger partial charge in [-0.15, -0.1) is 0 Å². The van der Waals surface area contributed by atoms with E-state index in [-0.39, 0.29) is 0 Å². The van der Waals surface area contributed by atoms with E-state index in [1.165, 1.54) is 14.1 Å². The molecular formula is C18H20N2O4. The van der Waals surface area contributed by atoms with Crippen molar-refractivity contribution in [1.82, 2.24) is 4.90 Å². The number of rotatable bonds is 5. The second-order valence-corrected chi connectivity index (χ2v) is 5.56. The molecule has 0 radical (unpaired) electrons. The highest BCUT2D eigenvalue weighted by atomic mass is 16.3. The zero-order valence-corrected chi connectivity index (χ0v) is 13.5. The average Bonchev–Trinajstić information content (AvgIpc) is 2.60. The SMILES string of the molecule is CN(C)C(=O)[C@H](O)[C@@H](O)C(=O)Nc1cccc(-c2ccccc2)c1. The van der Waals surface area contributed by atoms with Crippen LogP contribution in [-0.2, 0) is 9.59 Å². The molecule has 2 amide bonds. The Labute approximate surface area is 140 Å². The maximum absolute atomic E-state index is 12.0. The largest absolute Gasteiger partial charge is 0.380 e. The normalized spacial score (nSPS) is 13.0. The average molecular weight is 328 g/mol. The first-order valence-corrected chi connectivity index (χ1v) is 7.44. The van der Waals surface area contributed by atoms with Crippen molar-refractivity contribution in [3.8, 4) is 11.1 Å². The Balaban J connectivity index is 2.11. The Hall–Kier alpha value is -2.70. The van der Waals surface area contributed by atoms with Gasteiger partial charge in [0.05, 0.1) is 0 Å². The van der Waals surface area contributed by atoms with E-state index in [2.05, 4.69) is 5.32 Å². The molecule has 0 unspecified atom stereocenters. The topological polar surface area (TPSA) is 89.9 Å². The molecule has 6 heteroatoms. The number of hydrogen-bond acceptors (Lipinski definition) is 4. The molecule has 0 aromatic heterocycles. The maximum Gasteiger partial charge on any atom is 0.256 e. The highest BCUT2D eigenvalue weighted by molar-refractivity contribution is 5.98. The van der Waals surface area contributed by atoms with Gasteiger partial charge in [-0.2, -0.15) is 0 Å². The van der Waals surface area contributed by atoms with Gasteiger partial charge in [-0.25, -0.2) is 0 Å². The highest BCUT2D eigenvalue weighted by Crippen LogP contribution is 2.22. The molecule has 6 nitrogen and oxygen atoms in total. The molecule has 3 N–H and O–H groups in total. The van der Waals surface area contributed by atoms with Crippen molar-refractivity contribution in [2.24, 2.45) is 0 Å². The molecule has 0 saturated carbocycles. The van der Waals surface area contributed by atoms with Crippen molar-refractivity contribution in [2.45, 2.75) is 12.2 Å². The lowest BCUT2D eigenvalue weighted by Crippen LogP contribution is -2.47. The van der Waals surface area contributed by atoms with Crippen molar-refractivity contribution in [1.29, 1.82) is 0 Å². The number of likely N-dealkylation sites (N-methyl/N-ethyl adjacent to an activating group) is 1. The van der Waals surface area contributed by atoms with Gasteiger partial charge >= 0.3 is 0 Å². The second kappa shape index (κ2) is 7.72. The summed E-state index contributed by atoms with van der Waals surface area (Å²) < 4.78 is 0. The van der Waals surface area contributed by atoms with E-state index in [9.17, 15) is 19.8 Å². The van der Waals surface area contributed by atoms with Crippen LogP contribution in [0.5, 0.6) is 0 Å². The number of carbonyl (C=O) groups excluding carboxylic acids is 2. The van der Waals surface area contributed by atoms with Gasteiger partial charge in [-0.1, -0.05) is 42.5 Å². The third-order valence-corrected chi connectivity index (χ3v) is 3.50. The molecule has 0 aliphatic heterocycles. The zero-order valence-electron chi connectivity index (χ0n) is 13.5. The summed E-state index contributed by atoms with van der Waals surface area (Å²) in [6.07, 6.45) is -3.66. The monoisotopic (exact) mass is 328 g/mol. The molecule has 0 spiro atoms. The highest BCUT2D eigenvalue weighted by Gasteiger charge is 2.31. The number of aliphatic hydroxyl groups excluding tert-OH is 2. The Morgan fingerprint density at radius 2 is 1.54 bits per heavy atom. The van der Waals surface area contributed by atoms with Crippen LogP contribution in [0.2, 0.25) is 0 Å². The van der Waals surface area contributed by atoms with Crippen LogP contribution in [0, 0.1) is 0 Å². The molecular weight excluding hydrogens is 308 g/mol. The summed E-state index contributed by atoms with van der Waals surface area (Å²) in [6.45, 7) is 0. The minimum absolute atomic E-state index is 0.463. The molecule has 0 bridgehead atoms. The minimum Gasteiger partial charge on any atom is -0.380 e. The van der Waals surface area contributed by atoms with Gasteiger partial charge in [0.15, 0.2) is 12.2 Å². The van der Waals surface area contributed by atoms with Crippen molar-refractivity contribution >= 4 is 17.5 Å². The lowest BCUT2D eigenvalue weighted by atomic mass is 10.1. The van der Waals surface area contributed by atoms with Crippen LogP contribution in [0.4, 0.5) is 5.69 Å². The van der Waals surface area contributed by atoms with Gasteiger partial charge in [0.1, 0.15) is 0 Å². The molecule has 24 heavy (non-hydrogen) atoms. The summed E-state index contributed by atoms with van der Waals surface area (Å²) >= 11 is 0. The second-order valence-electron chi connectivity index (χ2n) is 5.56. The number of nitrogens with zero attached hydrogens (tertiary/aromatic N) is 1. The first kappa shape index (κ1) is 17.7. The van der Waals surface area contributed by atoms with E-state index in [1.807, 2.05) is 36.4 Å². The number of nitrogens with one attached hydrogen (secondary N) is 1. The molecule has 0 aliphatic carbocycles. The number of anilines is 1. The van der Waals surface area contributed by atoms with Crippen molar-refractivity contribution in [3.05, 3.63) is 54.6 Å². The van der Waals surface area contributed by atoms with Crippen LogP contribution in [-0.4, -0.2) is 53.2 Å². The Morgan fingerprint density at radius 3 is 2.17 bits per heavy atom. The predicted molar refractivity (Wildman–Crippen MR) is 91.2 cm³/mol. The van der Waals surface area contributed by atoms with E-state index in [0.717, 1.165) is 16.0 Å². The summed E-state index contributed by atoms with van der Waals surface area (Å²) in [5.41, 5.74) is 2.34. The number of carbonyl (C=O) groups is 2. The lowest BCUT2D eigenvalue weighted by Gasteiger charge is -2.20. The van der Waals surface area contributed by atoms with Crippen LogP contribution < -0.4 is 5.32 Å². The zero-order chi connectivity index (χ0) is 17.7. The maximum atomic E-state index is 12.0. The molecule has 0 heterocycles. The van der Waals surface area contributed by atoms with Gasteiger partial charge in [0, 0.05) is 19.8 Å². The molecule has 2 aromatic carbocycles. The van der Waals surface area contributed by atoms with E-state index < -0.39 is 24.0 Å². The van der Waals surface area contributed by atoms with Gasteiger partial charge < -0.3 is 20.4 Å². The number of amides is 2. The summed E-state index contributed by atoms with van der Waals surface area (Å²) in [6, 6.07) is 16.7. The molecule has 0 fully saturated rings. The fourth-order valence-electron chi connectivity index (χ4n) is 2.17. The van der Waals surface area contributed by atoms with Crippen molar-refractivity contribution in [2.75, 3.05) is 19.4 Å². The molecule has 2 atom stereocenters. The quantitative estimate of drug-likeness (QED) is 0.767. The van der Waals surface area contributed by atoms with E-state index >= 15 is 0 Å². The first-order valence-electron chi connectivity index (χ1n) is 7.44. The Morgan fingerprint density at radius 1 is 0.917 bits per heavy atom. The fraction of sp³-hybridized carbons (Fsp3) is 0.222. The van der Waals surface area contributed by atoms with Crippen LogP contribution in [0.25, 0.3) is 11.1 Å². The van der Waals surface area contributed by atoms with E-state index in [0.29, 0.717) is 5.69 Å². The Bertz CT molecular complexity index is 716. The molecule has 0 aliphatic rings. The third kappa shape index (κ3) is 4.18. The molecule has 2 rings (SSSR count). The molecule has 2 aromatic rings. The van der Waals surface area contributed by atoms with Gasteiger partial charge in [-0.05, 0) is 23.3 Å². The predicted octanol–water partition coefficient (Wildman–Crippen LogP) is 1.10. The van der Waals surface area contributed by atoms with Gasteiger partial charge in [0.2, 0.25) is 0 Å². The van der Waals surface area contributed by atoms with Crippen LogP contribution >= 0.6 is 0 Å². The first-order chi connectivity index (χ1) is 11.4. The smallest absolute Gasteiger partial charge is 0.256 e. The molecule has 0 saturated heterocycles. The number of aliphatic hydroxyl groups is 2. The third-order valence-electron chi connectivity index (χ3n) is 3.50. The van der Waals surface area contributed by atoms with Crippen LogP contribution in [0.15, 0.2) is 54.6 Å². The summed E-state index contributed by atoms with van der Waals surface area (Å²) in [7, 11) is 2.86. The molecule has 126 valence electrons. The van der Waals surface area contributed by atoms with Gasteiger partial charge in [-0.3, -0.25) is 9.59 Å². The van der Waals surface area contributed by atoms with Crippen LogP contribution in [0.1, 0.15) is 0 Å². The summed E-state index contributed by atoms with van der Waals surface area (Å²) in [5, 5.41) is 22.1. The summed E-state index contributed by atoms with van der Waals surface area (Å²) in [5.74, 6) is -1.58. The van der Waals surface area contributed by atoms with Crippen LogP contribution in [0.3, 0.4) is 0 Å².